The number of para-hydroxylation sites is 1. The van der Waals surface area contributed by atoms with E-state index in [0.29, 0.717) is 24.5 Å². The molecule has 1 aliphatic heterocycles. The van der Waals surface area contributed by atoms with Crippen molar-refractivity contribution in [1.29, 1.82) is 0 Å². The lowest BCUT2D eigenvalue weighted by Crippen LogP contribution is -2.28. The van der Waals surface area contributed by atoms with Crippen LogP contribution in [0.4, 0.5) is 0 Å². The minimum absolute atomic E-state index is 0.160. The van der Waals surface area contributed by atoms with Gasteiger partial charge in [0.25, 0.3) is 5.91 Å². The second-order valence-electron chi connectivity index (χ2n) is 8.80. The van der Waals surface area contributed by atoms with E-state index >= 15 is 0 Å². The molecule has 5 rings (SSSR count). The Labute approximate surface area is 234 Å². The SMILES string of the molecule is O=C(NCc1nnc(SCc2ccc(Br)cc2)n1-c1ccccc1)c1ccc(S(=O)(=O)N2CCCC2)cc1. The van der Waals surface area contributed by atoms with Gasteiger partial charge in [0, 0.05) is 34.6 Å². The van der Waals surface area contributed by atoms with Crippen molar-refractivity contribution >= 4 is 43.6 Å². The van der Waals surface area contributed by atoms with E-state index in [1.807, 2.05) is 47.0 Å². The van der Waals surface area contributed by atoms with Crippen molar-refractivity contribution < 1.29 is 13.2 Å². The van der Waals surface area contributed by atoms with Crippen molar-refractivity contribution in [3.63, 3.8) is 0 Å². The number of halogens is 1. The van der Waals surface area contributed by atoms with E-state index in [-0.39, 0.29) is 17.3 Å². The molecule has 0 saturated carbocycles. The minimum Gasteiger partial charge on any atom is -0.345 e. The number of sulfonamides is 1. The summed E-state index contributed by atoms with van der Waals surface area (Å²) in [6.45, 7) is 1.24. The molecule has 0 bridgehead atoms. The Hall–Kier alpha value is -2.99. The molecule has 38 heavy (non-hydrogen) atoms. The number of nitrogens with zero attached hydrogens (tertiary/aromatic N) is 4. The van der Waals surface area contributed by atoms with Crippen LogP contribution >= 0.6 is 27.7 Å². The van der Waals surface area contributed by atoms with Crippen LogP contribution in [0.15, 0.2) is 93.4 Å². The van der Waals surface area contributed by atoms with Crippen LogP contribution in [0, 0.1) is 0 Å². The minimum atomic E-state index is -3.52. The number of hydrogen-bond acceptors (Lipinski definition) is 6. The van der Waals surface area contributed by atoms with Gasteiger partial charge in [0.05, 0.1) is 11.4 Å². The van der Waals surface area contributed by atoms with Gasteiger partial charge in [-0.1, -0.05) is 58.0 Å². The highest BCUT2D eigenvalue weighted by Crippen LogP contribution is 2.26. The van der Waals surface area contributed by atoms with Crippen molar-refractivity contribution in [2.24, 2.45) is 0 Å². The van der Waals surface area contributed by atoms with Crippen molar-refractivity contribution in [3.8, 4) is 5.69 Å². The van der Waals surface area contributed by atoms with Gasteiger partial charge >= 0.3 is 0 Å². The smallest absolute Gasteiger partial charge is 0.251 e. The topological polar surface area (TPSA) is 97.2 Å². The third-order valence-electron chi connectivity index (χ3n) is 6.22. The maximum atomic E-state index is 12.9. The Bertz CT molecular complexity index is 1500. The van der Waals surface area contributed by atoms with E-state index in [2.05, 4.69) is 43.6 Å². The number of rotatable bonds is 9. The molecular weight excluding hydrogens is 586 g/mol. The van der Waals surface area contributed by atoms with Crippen LogP contribution in [0.2, 0.25) is 0 Å². The van der Waals surface area contributed by atoms with Gasteiger partial charge in [-0.05, 0) is 66.9 Å². The summed E-state index contributed by atoms with van der Waals surface area (Å²) in [4.78, 5) is 13.1. The molecule has 1 saturated heterocycles. The summed E-state index contributed by atoms with van der Waals surface area (Å²) in [5.74, 6) is 0.995. The monoisotopic (exact) mass is 611 g/mol. The normalized spacial score (nSPS) is 14.0. The molecule has 0 radical (unpaired) electrons. The molecule has 1 aliphatic rings. The Morgan fingerprint density at radius 2 is 1.61 bits per heavy atom. The third kappa shape index (κ3) is 6.01. The number of hydrogen-bond donors (Lipinski definition) is 1. The first kappa shape index (κ1) is 26.6. The first-order valence-electron chi connectivity index (χ1n) is 12.2. The number of carbonyl (C=O) groups is 1. The predicted molar refractivity (Wildman–Crippen MR) is 151 cm³/mol. The van der Waals surface area contributed by atoms with Crippen LogP contribution in [0.1, 0.15) is 34.6 Å². The number of amides is 1. The largest absolute Gasteiger partial charge is 0.345 e. The number of benzene rings is 3. The molecule has 8 nitrogen and oxygen atoms in total. The van der Waals surface area contributed by atoms with Crippen LogP contribution in [0.25, 0.3) is 5.69 Å². The summed E-state index contributed by atoms with van der Waals surface area (Å²) in [7, 11) is -3.52. The Kier molecular flexibility index (Phi) is 8.27. The molecule has 196 valence electrons. The molecule has 1 aromatic heterocycles. The fraction of sp³-hybridized carbons (Fsp3) is 0.222. The standard InChI is InChI=1S/C27H26BrN5O3S2/c28-22-12-8-20(9-13-22)19-37-27-31-30-25(33(27)23-6-2-1-3-7-23)18-29-26(34)21-10-14-24(15-11-21)38(35,36)32-16-4-5-17-32/h1-3,6-15H,4-5,16-19H2,(H,29,34). The predicted octanol–water partition coefficient (Wildman–Crippen LogP) is 5.04. The lowest BCUT2D eigenvalue weighted by atomic mass is 10.2. The quantitative estimate of drug-likeness (QED) is 0.266. The average molecular weight is 613 g/mol. The zero-order valence-corrected chi connectivity index (χ0v) is 23.7. The van der Waals surface area contributed by atoms with Crippen molar-refractivity contribution in [2.75, 3.05) is 13.1 Å². The molecule has 0 spiro atoms. The van der Waals surface area contributed by atoms with Gasteiger partial charge in [0.1, 0.15) is 0 Å². The van der Waals surface area contributed by atoms with E-state index in [9.17, 15) is 13.2 Å². The highest BCUT2D eigenvalue weighted by Gasteiger charge is 2.27. The summed E-state index contributed by atoms with van der Waals surface area (Å²) in [5, 5.41) is 12.4. The van der Waals surface area contributed by atoms with Crippen LogP contribution in [-0.4, -0.2) is 46.5 Å². The van der Waals surface area contributed by atoms with Crippen molar-refractivity contribution in [2.45, 2.75) is 35.2 Å². The van der Waals surface area contributed by atoms with E-state index in [0.717, 1.165) is 39.5 Å². The van der Waals surface area contributed by atoms with Crippen molar-refractivity contribution in [1.82, 2.24) is 24.4 Å². The molecule has 1 amide bonds. The first-order chi connectivity index (χ1) is 18.4. The molecule has 4 aromatic rings. The fourth-order valence-electron chi connectivity index (χ4n) is 4.19. The van der Waals surface area contributed by atoms with Crippen LogP contribution in [-0.2, 0) is 22.3 Å². The van der Waals surface area contributed by atoms with E-state index in [1.54, 1.807) is 23.9 Å². The van der Waals surface area contributed by atoms with E-state index < -0.39 is 10.0 Å². The van der Waals surface area contributed by atoms with Gasteiger partial charge in [-0.2, -0.15) is 4.31 Å². The fourth-order valence-corrected chi connectivity index (χ4v) is 6.90. The molecular formula is C27H26BrN5O3S2. The average Bonchev–Trinajstić information content (AvgIpc) is 3.63. The number of carbonyl (C=O) groups excluding carboxylic acids is 1. The zero-order valence-electron chi connectivity index (χ0n) is 20.5. The number of aromatic nitrogens is 3. The van der Waals surface area contributed by atoms with Crippen LogP contribution < -0.4 is 5.32 Å². The maximum Gasteiger partial charge on any atom is 0.251 e. The molecule has 11 heteroatoms. The molecule has 1 N–H and O–H groups in total. The summed E-state index contributed by atoms with van der Waals surface area (Å²) in [6.07, 6.45) is 1.75. The Morgan fingerprint density at radius 1 is 0.921 bits per heavy atom. The summed E-state index contributed by atoms with van der Waals surface area (Å²) in [5.41, 5.74) is 2.43. The number of nitrogens with one attached hydrogen (secondary N) is 1. The van der Waals surface area contributed by atoms with Gasteiger partial charge < -0.3 is 5.32 Å². The van der Waals surface area contributed by atoms with Gasteiger partial charge in [0.15, 0.2) is 11.0 Å². The molecule has 2 heterocycles. The van der Waals surface area contributed by atoms with Crippen molar-refractivity contribution in [3.05, 3.63) is 100 Å². The third-order valence-corrected chi connectivity index (χ3v) is 9.66. The zero-order chi connectivity index (χ0) is 26.5. The Morgan fingerprint density at radius 3 is 2.29 bits per heavy atom. The van der Waals surface area contributed by atoms with Gasteiger partial charge in [-0.3, -0.25) is 9.36 Å². The Balaban J connectivity index is 1.29. The summed E-state index contributed by atoms with van der Waals surface area (Å²) >= 11 is 5.03. The molecule has 1 fully saturated rings. The lowest BCUT2D eigenvalue weighted by Gasteiger charge is -2.15. The van der Waals surface area contributed by atoms with Gasteiger partial charge in [0.2, 0.25) is 10.0 Å². The summed E-state index contributed by atoms with van der Waals surface area (Å²) in [6, 6.07) is 24.0. The molecule has 3 aromatic carbocycles. The molecule has 0 aliphatic carbocycles. The lowest BCUT2D eigenvalue weighted by molar-refractivity contribution is 0.0949. The maximum absolute atomic E-state index is 12.9. The van der Waals surface area contributed by atoms with E-state index in [4.69, 9.17) is 0 Å². The highest BCUT2D eigenvalue weighted by atomic mass is 79.9. The van der Waals surface area contributed by atoms with Crippen LogP contribution in [0.5, 0.6) is 0 Å². The number of thioether (sulfide) groups is 1. The summed E-state index contributed by atoms with van der Waals surface area (Å²) < 4.78 is 30.0. The van der Waals surface area contributed by atoms with Gasteiger partial charge in [-0.25, -0.2) is 8.42 Å². The molecule has 0 atom stereocenters. The second kappa shape index (κ2) is 11.8. The van der Waals surface area contributed by atoms with Crippen LogP contribution in [0.3, 0.4) is 0 Å². The second-order valence-corrected chi connectivity index (χ2v) is 12.6. The highest BCUT2D eigenvalue weighted by molar-refractivity contribution is 9.10. The first-order valence-corrected chi connectivity index (χ1v) is 15.4. The van der Waals surface area contributed by atoms with Gasteiger partial charge in [-0.15, -0.1) is 10.2 Å². The van der Waals surface area contributed by atoms with E-state index in [1.165, 1.54) is 16.4 Å². The molecule has 0 unspecified atom stereocenters.